The number of nitrogen functional groups attached to an aromatic ring is 1. The molecule has 0 radical (unpaired) electrons. The number of aromatic nitrogens is 1. The molecule has 1 heterocycles. The van der Waals surface area contributed by atoms with Gasteiger partial charge in [0.2, 0.25) is 0 Å². The van der Waals surface area contributed by atoms with Crippen molar-refractivity contribution in [3.8, 4) is 23.3 Å². The standard InChI is InChI=1S/C19H10Cl2N4S/c20-11-5-7-12(8-6-11)26-19-15(10-23)17(14(9-22)18(24)25-19)13-3-1-2-4-16(13)21/h1-8H,(H2,24,25)/p+1. The van der Waals surface area contributed by atoms with Crippen LogP contribution in [-0.2, 0) is 0 Å². The Morgan fingerprint density at radius 3 is 2.19 bits per heavy atom. The van der Waals surface area contributed by atoms with Gasteiger partial charge >= 0.3 is 0 Å². The second-order valence-corrected chi connectivity index (χ2v) is 7.18. The van der Waals surface area contributed by atoms with Crippen molar-refractivity contribution in [2.45, 2.75) is 9.92 Å². The average Bonchev–Trinajstić information content (AvgIpc) is 2.64. The number of rotatable bonds is 3. The van der Waals surface area contributed by atoms with Crippen LogP contribution < -0.4 is 10.7 Å². The summed E-state index contributed by atoms with van der Waals surface area (Å²) < 4.78 is 0. The summed E-state index contributed by atoms with van der Waals surface area (Å²) >= 11 is 13.6. The highest BCUT2D eigenvalue weighted by molar-refractivity contribution is 7.99. The third-order valence-electron chi connectivity index (χ3n) is 3.64. The highest BCUT2D eigenvalue weighted by Crippen LogP contribution is 2.38. The molecular formula is C19H11Cl2N4S+. The van der Waals surface area contributed by atoms with E-state index in [9.17, 15) is 10.5 Å². The Hall–Kier alpha value is -2.70. The van der Waals surface area contributed by atoms with E-state index in [2.05, 4.69) is 17.1 Å². The minimum atomic E-state index is 0.179. The first-order valence-electron chi connectivity index (χ1n) is 7.42. The van der Waals surface area contributed by atoms with Gasteiger partial charge in [-0.3, -0.25) is 5.73 Å². The summed E-state index contributed by atoms with van der Waals surface area (Å²) in [6.45, 7) is 0. The number of hydrogen-bond acceptors (Lipinski definition) is 4. The first-order valence-corrected chi connectivity index (χ1v) is 8.99. The molecule has 4 nitrogen and oxygen atoms in total. The lowest BCUT2D eigenvalue weighted by molar-refractivity contribution is -0.410. The average molecular weight is 398 g/mol. The van der Waals surface area contributed by atoms with Crippen molar-refractivity contribution < 1.29 is 4.98 Å². The molecule has 7 heteroatoms. The molecule has 0 fully saturated rings. The molecule has 0 unspecified atom stereocenters. The largest absolute Gasteiger partial charge is 0.289 e. The number of aromatic amines is 1. The molecule has 3 aromatic rings. The second kappa shape index (κ2) is 7.68. The fraction of sp³-hybridized carbons (Fsp3) is 0. The summed E-state index contributed by atoms with van der Waals surface area (Å²) in [6, 6.07) is 18.5. The fourth-order valence-electron chi connectivity index (χ4n) is 2.47. The lowest BCUT2D eigenvalue weighted by atomic mass is 9.97. The van der Waals surface area contributed by atoms with Gasteiger partial charge in [0.15, 0.2) is 5.03 Å². The van der Waals surface area contributed by atoms with Crippen molar-refractivity contribution in [1.29, 1.82) is 10.5 Å². The lowest BCUT2D eigenvalue weighted by Gasteiger charge is -2.11. The number of nitrogens with zero attached hydrogens (tertiary/aromatic N) is 2. The number of hydrogen-bond donors (Lipinski definition) is 1. The van der Waals surface area contributed by atoms with E-state index in [1.807, 2.05) is 12.1 Å². The summed E-state index contributed by atoms with van der Waals surface area (Å²) in [7, 11) is 0. The van der Waals surface area contributed by atoms with Crippen LogP contribution in [0.2, 0.25) is 10.0 Å². The van der Waals surface area contributed by atoms with Gasteiger partial charge < -0.3 is 0 Å². The second-order valence-electron chi connectivity index (χ2n) is 5.25. The van der Waals surface area contributed by atoms with Crippen LogP contribution in [0.15, 0.2) is 58.5 Å². The highest BCUT2D eigenvalue weighted by Gasteiger charge is 2.25. The third kappa shape index (κ3) is 3.47. The first-order chi connectivity index (χ1) is 12.5. The van der Waals surface area contributed by atoms with Crippen molar-refractivity contribution in [3.05, 3.63) is 69.7 Å². The molecule has 0 atom stereocenters. The van der Waals surface area contributed by atoms with Gasteiger partial charge in [0.1, 0.15) is 23.3 Å². The Kier molecular flexibility index (Phi) is 5.35. The van der Waals surface area contributed by atoms with E-state index >= 15 is 0 Å². The maximum atomic E-state index is 9.79. The monoisotopic (exact) mass is 397 g/mol. The van der Waals surface area contributed by atoms with Crippen LogP contribution in [0.25, 0.3) is 11.1 Å². The van der Waals surface area contributed by atoms with Crippen molar-refractivity contribution in [2.24, 2.45) is 0 Å². The number of nitriles is 2. The molecule has 0 amide bonds. The Balaban J connectivity index is 2.25. The van der Waals surface area contributed by atoms with Gasteiger partial charge in [0.05, 0.1) is 0 Å². The number of pyridine rings is 1. The summed E-state index contributed by atoms with van der Waals surface area (Å²) in [5.41, 5.74) is 7.56. The molecule has 0 spiro atoms. The van der Waals surface area contributed by atoms with Crippen LogP contribution in [0.5, 0.6) is 0 Å². The minimum Gasteiger partial charge on any atom is -0.286 e. The highest BCUT2D eigenvalue weighted by atomic mass is 35.5. The predicted molar refractivity (Wildman–Crippen MR) is 103 cm³/mol. The number of anilines is 1. The number of nitrogens with two attached hydrogens (primary N) is 1. The van der Waals surface area contributed by atoms with Crippen LogP contribution in [-0.4, -0.2) is 0 Å². The van der Waals surface area contributed by atoms with E-state index in [1.165, 1.54) is 11.8 Å². The van der Waals surface area contributed by atoms with Crippen LogP contribution in [0, 0.1) is 22.7 Å². The van der Waals surface area contributed by atoms with E-state index in [1.54, 1.807) is 36.4 Å². The normalized spacial score (nSPS) is 10.2. The number of benzene rings is 2. The van der Waals surface area contributed by atoms with Crippen molar-refractivity contribution in [2.75, 3.05) is 5.73 Å². The molecule has 3 N–H and O–H groups in total. The van der Waals surface area contributed by atoms with Crippen LogP contribution in [0.4, 0.5) is 5.82 Å². The molecule has 1 aromatic heterocycles. The molecule has 0 saturated heterocycles. The topological polar surface area (TPSA) is 87.7 Å². The van der Waals surface area contributed by atoms with E-state index < -0.39 is 0 Å². The molecule has 26 heavy (non-hydrogen) atoms. The zero-order valence-electron chi connectivity index (χ0n) is 13.3. The summed E-state index contributed by atoms with van der Waals surface area (Å²) in [4.78, 5) is 3.83. The van der Waals surface area contributed by atoms with Gasteiger partial charge in [-0.1, -0.05) is 41.4 Å². The SMILES string of the molecule is N#Cc1c(N)[nH+]c(Sc2ccc(Cl)cc2)c(C#N)c1-c1ccccc1Cl. The van der Waals surface area contributed by atoms with E-state index in [0.29, 0.717) is 31.8 Å². The maximum Gasteiger partial charge on any atom is 0.289 e. The zero-order valence-corrected chi connectivity index (χ0v) is 15.6. The molecule has 0 bridgehead atoms. The minimum absolute atomic E-state index is 0.179. The molecule has 0 aliphatic rings. The van der Waals surface area contributed by atoms with Gasteiger partial charge in [-0.25, -0.2) is 4.98 Å². The van der Waals surface area contributed by atoms with Gasteiger partial charge in [-0.15, -0.1) is 0 Å². The molecular weight excluding hydrogens is 387 g/mol. The van der Waals surface area contributed by atoms with E-state index in [4.69, 9.17) is 28.9 Å². The number of halogens is 2. The van der Waals surface area contributed by atoms with Gasteiger partial charge in [-0.2, -0.15) is 10.5 Å². The Morgan fingerprint density at radius 1 is 0.923 bits per heavy atom. The Labute approximate surface area is 164 Å². The van der Waals surface area contributed by atoms with Gasteiger partial charge in [-0.05, 0) is 42.1 Å². The summed E-state index contributed by atoms with van der Waals surface area (Å²) in [5, 5.41) is 20.9. The Morgan fingerprint density at radius 2 is 1.58 bits per heavy atom. The van der Waals surface area contributed by atoms with Crippen LogP contribution >= 0.6 is 35.0 Å². The fourth-order valence-corrected chi connectivity index (χ4v) is 3.75. The molecule has 126 valence electrons. The van der Waals surface area contributed by atoms with Crippen LogP contribution in [0.1, 0.15) is 11.1 Å². The number of H-pyrrole nitrogens is 1. The third-order valence-corrected chi connectivity index (χ3v) is 5.24. The Bertz CT molecular complexity index is 1070. The molecule has 0 aliphatic heterocycles. The van der Waals surface area contributed by atoms with Crippen LogP contribution in [0.3, 0.4) is 0 Å². The first kappa shape index (κ1) is 18.1. The quantitative estimate of drug-likeness (QED) is 0.676. The van der Waals surface area contributed by atoms with Gasteiger partial charge in [0, 0.05) is 26.1 Å². The number of nitrogens with one attached hydrogen (secondary N) is 1. The predicted octanol–water partition coefficient (Wildman–Crippen LogP) is 4.95. The maximum absolute atomic E-state index is 9.79. The zero-order chi connectivity index (χ0) is 18.7. The van der Waals surface area contributed by atoms with Crippen molar-refractivity contribution in [3.63, 3.8) is 0 Å². The molecule has 3 rings (SSSR count). The smallest absolute Gasteiger partial charge is 0.286 e. The summed E-state index contributed by atoms with van der Waals surface area (Å²) in [6.07, 6.45) is 0. The van der Waals surface area contributed by atoms with Crippen molar-refractivity contribution >= 4 is 40.8 Å². The molecule has 0 aliphatic carbocycles. The van der Waals surface area contributed by atoms with E-state index in [0.717, 1.165) is 4.90 Å². The van der Waals surface area contributed by atoms with E-state index in [-0.39, 0.29) is 11.4 Å². The molecule has 0 saturated carbocycles. The van der Waals surface area contributed by atoms with Crippen molar-refractivity contribution in [1.82, 2.24) is 0 Å². The van der Waals surface area contributed by atoms with Gasteiger partial charge in [0.25, 0.3) is 5.82 Å². The lowest BCUT2D eigenvalue weighted by Crippen LogP contribution is -2.18. The summed E-state index contributed by atoms with van der Waals surface area (Å²) in [5.74, 6) is 0.179. The molecule has 2 aromatic carbocycles.